The standard InChI is InChI=1S/C5H5O5/c6-3-8-1-4-2-9-5(7)10-4/h4H,1-2H2. The van der Waals surface area contributed by atoms with E-state index in [4.69, 9.17) is 0 Å². The van der Waals surface area contributed by atoms with Gasteiger partial charge >= 0.3 is 12.6 Å². The van der Waals surface area contributed by atoms with E-state index >= 15 is 0 Å². The molecule has 1 heterocycles. The van der Waals surface area contributed by atoms with Crippen molar-refractivity contribution in [2.24, 2.45) is 0 Å². The minimum Gasteiger partial charge on any atom is -0.453 e. The Bertz CT molecular complexity index is 143. The summed E-state index contributed by atoms with van der Waals surface area (Å²) in [6, 6.07) is 0. The minimum atomic E-state index is -0.723. The molecule has 10 heavy (non-hydrogen) atoms. The molecule has 1 rings (SSSR count). The highest BCUT2D eigenvalue weighted by Gasteiger charge is 2.25. The lowest BCUT2D eigenvalue weighted by molar-refractivity contribution is 0.0939. The van der Waals surface area contributed by atoms with Crippen LogP contribution in [0, 0.1) is 0 Å². The number of hydrogen-bond acceptors (Lipinski definition) is 5. The number of carbonyl (C=O) groups is 1. The Hall–Kier alpha value is -1.26. The van der Waals surface area contributed by atoms with Gasteiger partial charge in [0, 0.05) is 0 Å². The summed E-state index contributed by atoms with van der Waals surface area (Å²) in [5.74, 6) is 0. The average molecular weight is 145 g/mol. The molecule has 0 spiro atoms. The van der Waals surface area contributed by atoms with Crippen LogP contribution in [0.15, 0.2) is 0 Å². The van der Waals surface area contributed by atoms with Crippen LogP contribution in [0.25, 0.3) is 0 Å². The summed E-state index contributed by atoms with van der Waals surface area (Å²) in [5, 5.41) is 0. The largest absolute Gasteiger partial charge is 0.508 e. The highest BCUT2D eigenvalue weighted by atomic mass is 16.8. The lowest BCUT2D eigenvalue weighted by Gasteiger charge is -2.01. The van der Waals surface area contributed by atoms with Gasteiger partial charge in [-0.25, -0.2) is 9.59 Å². The molecule has 0 bridgehead atoms. The van der Waals surface area contributed by atoms with E-state index in [0.717, 1.165) is 0 Å². The molecule has 0 aromatic rings. The number of cyclic esters (lactones) is 2. The molecule has 1 saturated heterocycles. The van der Waals surface area contributed by atoms with Crippen LogP contribution in [0.4, 0.5) is 4.79 Å². The fourth-order valence-electron chi connectivity index (χ4n) is 0.574. The zero-order valence-electron chi connectivity index (χ0n) is 5.03. The molecule has 1 aliphatic rings. The van der Waals surface area contributed by atoms with Crippen LogP contribution in [0.5, 0.6) is 0 Å². The Morgan fingerprint density at radius 1 is 1.80 bits per heavy atom. The van der Waals surface area contributed by atoms with Gasteiger partial charge in [0.1, 0.15) is 13.2 Å². The van der Waals surface area contributed by atoms with Crippen molar-refractivity contribution in [3.05, 3.63) is 0 Å². The van der Waals surface area contributed by atoms with E-state index in [9.17, 15) is 9.59 Å². The van der Waals surface area contributed by atoms with Crippen LogP contribution in [-0.2, 0) is 19.0 Å². The SMILES string of the molecule is O=[C]OCC1COC(=O)O1. The topological polar surface area (TPSA) is 61.8 Å². The van der Waals surface area contributed by atoms with Gasteiger partial charge in [-0.2, -0.15) is 0 Å². The van der Waals surface area contributed by atoms with Crippen LogP contribution >= 0.6 is 0 Å². The summed E-state index contributed by atoms with van der Waals surface area (Å²) in [6.07, 6.45) is -1.19. The molecule has 1 aliphatic heterocycles. The highest BCUT2D eigenvalue weighted by molar-refractivity contribution is 5.61. The third-order valence-electron chi connectivity index (χ3n) is 0.978. The Morgan fingerprint density at radius 3 is 3.10 bits per heavy atom. The van der Waals surface area contributed by atoms with E-state index in [1.165, 1.54) is 6.47 Å². The molecule has 1 fully saturated rings. The first-order valence-electron chi connectivity index (χ1n) is 2.65. The maximum absolute atomic E-state index is 10.2. The smallest absolute Gasteiger partial charge is 0.453 e. The molecule has 0 saturated carbocycles. The third kappa shape index (κ3) is 1.61. The Kier molecular flexibility index (Phi) is 2.09. The van der Waals surface area contributed by atoms with Gasteiger partial charge in [0.05, 0.1) is 0 Å². The normalized spacial score (nSPS) is 23.2. The zero-order chi connectivity index (χ0) is 7.40. The molecule has 5 heteroatoms. The summed E-state index contributed by atoms with van der Waals surface area (Å²) < 4.78 is 13.1. The van der Waals surface area contributed by atoms with Gasteiger partial charge in [-0.05, 0) is 0 Å². The molecular weight excluding hydrogens is 140 g/mol. The summed E-state index contributed by atoms with van der Waals surface area (Å²) in [6.45, 7) is 1.36. The van der Waals surface area contributed by atoms with Gasteiger partial charge in [-0.3, -0.25) is 0 Å². The highest BCUT2D eigenvalue weighted by Crippen LogP contribution is 2.05. The van der Waals surface area contributed by atoms with Crippen molar-refractivity contribution >= 4 is 12.6 Å². The van der Waals surface area contributed by atoms with E-state index in [1.807, 2.05) is 0 Å². The molecule has 1 radical (unpaired) electrons. The molecule has 55 valence electrons. The quantitative estimate of drug-likeness (QED) is 0.506. The van der Waals surface area contributed by atoms with Crippen LogP contribution in [0.3, 0.4) is 0 Å². The van der Waals surface area contributed by atoms with Gasteiger partial charge in [0.25, 0.3) is 0 Å². The monoisotopic (exact) mass is 145 g/mol. The second-order valence-corrected chi connectivity index (χ2v) is 1.70. The molecule has 0 amide bonds. The van der Waals surface area contributed by atoms with E-state index in [1.54, 1.807) is 0 Å². The molecule has 1 atom stereocenters. The van der Waals surface area contributed by atoms with E-state index in [-0.39, 0.29) is 13.2 Å². The maximum atomic E-state index is 10.2. The zero-order valence-corrected chi connectivity index (χ0v) is 5.03. The maximum Gasteiger partial charge on any atom is 0.508 e. The summed E-state index contributed by atoms with van der Waals surface area (Å²) in [4.78, 5) is 19.7. The lowest BCUT2D eigenvalue weighted by atomic mass is 10.4. The predicted octanol–water partition coefficient (Wildman–Crippen LogP) is -0.394. The van der Waals surface area contributed by atoms with Crippen molar-refractivity contribution in [1.82, 2.24) is 0 Å². The van der Waals surface area contributed by atoms with Crippen molar-refractivity contribution in [3.63, 3.8) is 0 Å². The van der Waals surface area contributed by atoms with Crippen LogP contribution in [-0.4, -0.2) is 31.9 Å². The van der Waals surface area contributed by atoms with Crippen molar-refractivity contribution < 1.29 is 23.8 Å². The Morgan fingerprint density at radius 2 is 2.60 bits per heavy atom. The first-order chi connectivity index (χ1) is 4.83. The molecule has 0 aliphatic carbocycles. The fourth-order valence-corrected chi connectivity index (χ4v) is 0.574. The van der Waals surface area contributed by atoms with E-state index in [0.29, 0.717) is 0 Å². The lowest BCUT2D eigenvalue weighted by Crippen LogP contribution is -2.17. The minimum absolute atomic E-state index is 0.00917. The molecule has 0 N–H and O–H groups in total. The summed E-state index contributed by atoms with van der Waals surface area (Å²) in [7, 11) is 0. The van der Waals surface area contributed by atoms with Crippen molar-refractivity contribution in [1.29, 1.82) is 0 Å². The third-order valence-corrected chi connectivity index (χ3v) is 0.978. The molecule has 0 aromatic heterocycles. The number of ether oxygens (including phenoxy) is 3. The molecular formula is C5H5O5. The average Bonchev–Trinajstić information content (AvgIpc) is 2.31. The number of carbonyl (C=O) groups excluding carboxylic acids is 2. The van der Waals surface area contributed by atoms with Crippen molar-refractivity contribution in [2.45, 2.75) is 6.10 Å². The predicted molar refractivity (Wildman–Crippen MR) is 27.9 cm³/mol. The van der Waals surface area contributed by atoms with Gasteiger partial charge in [-0.15, -0.1) is 0 Å². The fraction of sp³-hybridized carbons (Fsp3) is 0.600. The molecule has 0 aromatic carbocycles. The van der Waals surface area contributed by atoms with Gasteiger partial charge in [0.2, 0.25) is 0 Å². The van der Waals surface area contributed by atoms with Crippen LogP contribution in [0.1, 0.15) is 0 Å². The Balaban J connectivity index is 2.18. The molecule has 1 unspecified atom stereocenters. The second-order valence-electron chi connectivity index (χ2n) is 1.70. The number of rotatable bonds is 3. The van der Waals surface area contributed by atoms with E-state index < -0.39 is 12.3 Å². The van der Waals surface area contributed by atoms with Crippen molar-refractivity contribution in [3.8, 4) is 0 Å². The Labute approximate surface area is 56.9 Å². The van der Waals surface area contributed by atoms with Gasteiger partial charge < -0.3 is 14.2 Å². The van der Waals surface area contributed by atoms with Crippen LogP contribution in [0.2, 0.25) is 0 Å². The van der Waals surface area contributed by atoms with Crippen LogP contribution < -0.4 is 0 Å². The first-order valence-corrected chi connectivity index (χ1v) is 2.65. The number of hydrogen-bond donors (Lipinski definition) is 0. The molecule has 5 nitrogen and oxygen atoms in total. The van der Waals surface area contributed by atoms with Crippen molar-refractivity contribution in [2.75, 3.05) is 13.2 Å². The van der Waals surface area contributed by atoms with Gasteiger partial charge in [0.15, 0.2) is 6.10 Å². The summed E-state index contributed by atoms with van der Waals surface area (Å²) in [5.41, 5.74) is 0. The summed E-state index contributed by atoms with van der Waals surface area (Å²) >= 11 is 0. The van der Waals surface area contributed by atoms with E-state index in [2.05, 4.69) is 14.2 Å². The first kappa shape index (κ1) is 6.85. The van der Waals surface area contributed by atoms with Gasteiger partial charge in [-0.1, -0.05) is 0 Å². The second kappa shape index (κ2) is 3.05.